The summed E-state index contributed by atoms with van der Waals surface area (Å²) in [6.45, 7) is 4.12. The fourth-order valence-electron chi connectivity index (χ4n) is 1.06. The summed E-state index contributed by atoms with van der Waals surface area (Å²) >= 11 is 0. The number of rotatable bonds is 4. The lowest BCUT2D eigenvalue weighted by Crippen LogP contribution is -1.78. The van der Waals surface area contributed by atoms with Crippen molar-refractivity contribution in [1.29, 1.82) is 0 Å². The first-order chi connectivity index (χ1) is 6.84. The minimum absolute atomic E-state index is 0.939. The Morgan fingerprint density at radius 2 is 2.36 bits per heavy atom. The summed E-state index contributed by atoms with van der Waals surface area (Å²) < 4.78 is 0. The van der Waals surface area contributed by atoms with Crippen molar-refractivity contribution < 1.29 is 0 Å². The summed E-state index contributed by atoms with van der Waals surface area (Å²) in [5, 5.41) is 0. The SMILES string of the molecule is CCC/C=C\C=Nc1cccnc1C. The van der Waals surface area contributed by atoms with Crippen molar-refractivity contribution in [2.45, 2.75) is 26.7 Å². The Labute approximate surface area is 85.4 Å². The molecule has 0 radical (unpaired) electrons. The van der Waals surface area contributed by atoms with E-state index >= 15 is 0 Å². The molecule has 74 valence electrons. The van der Waals surface area contributed by atoms with Gasteiger partial charge in [-0.3, -0.25) is 9.98 Å². The van der Waals surface area contributed by atoms with Gasteiger partial charge in [-0.25, -0.2) is 0 Å². The molecule has 1 heterocycles. The molecule has 0 saturated heterocycles. The van der Waals surface area contributed by atoms with E-state index in [1.807, 2.05) is 31.3 Å². The number of pyridine rings is 1. The molecule has 0 aliphatic rings. The molecule has 1 aromatic heterocycles. The monoisotopic (exact) mass is 188 g/mol. The maximum absolute atomic E-state index is 4.30. The fourth-order valence-corrected chi connectivity index (χ4v) is 1.06. The zero-order chi connectivity index (χ0) is 10.2. The molecule has 0 bridgehead atoms. The third-order valence-corrected chi connectivity index (χ3v) is 1.87. The molecule has 2 heteroatoms. The van der Waals surface area contributed by atoms with E-state index in [-0.39, 0.29) is 0 Å². The maximum Gasteiger partial charge on any atom is 0.0841 e. The van der Waals surface area contributed by atoms with Gasteiger partial charge in [0.25, 0.3) is 0 Å². The van der Waals surface area contributed by atoms with E-state index < -0.39 is 0 Å². The van der Waals surface area contributed by atoms with Crippen LogP contribution in [-0.2, 0) is 0 Å². The fraction of sp³-hybridized carbons (Fsp3) is 0.333. The second-order valence-electron chi connectivity index (χ2n) is 3.10. The van der Waals surface area contributed by atoms with Crippen molar-refractivity contribution in [2.24, 2.45) is 4.99 Å². The topological polar surface area (TPSA) is 25.2 Å². The van der Waals surface area contributed by atoms with Gasteiger partial charge in [-0.1, -0.05) is 19.4 Å². The molecule has 0 unspecified atom stereocenters. The molecule has 0 fully saturated rings. The van der Waals surface area contributed by atoms with Crippen molar-refractivity contribution in [3.05, 3.63) is 36.2 Å². The van der Waals surface area contributed by atoms with Crippen LogP contribution < -0.4 is 0 Å². The van der Waals surface area contributed by atoms with E-state index in [0.717, 1.165) is 17.8 Å². The van der Waals surface area contributed by atoms with Crippen molar-refractivity contribution in [1.82, 2.24) is 4.98 Å². The van der Waals surface area contributed by atoms with E-state index in [9.17, 15) is 0 Å². The molecule has 0 spiro atoms. The minimum atomic E-state index is 0.939. The number of hydrogen-bond acceptors (Lipinski definition) is 2. The highest BCUT2D eigenvalue weighted by molar-refractivity contribution is 5.74. The van der Waals surface area contributed by atoms with E-state index in [1.54, 1.807) is 6.20 Å². The summed E-state index contributed by atoms with van der Waals surface area (Å²) in [7, 11) is 0. The highest BCUT2D eigenvalue weighted by atomic mass is 14.8. The van der Waals surface area contributed by atoms with Gasteiger partial charge in [0.1, 0.15) is 0 Å². The first-order valence-electron chi connectivity index (χ1n) is 4.95. The highest BCUT2D eigenvalue weighted by Gasteiger charge is 1.91. The molecule has 0 atom stereocenters. The minimum Gasteiger partial charge on any atom is -0.259 e. The van der Waals surface area contributed by atoms with E-state index in [2.05, 4.69) is 23.0 Å². The first-order valence-corrected chi connectivity index (χ1v) is 4.95. The van der Waals surface area contributed by atoms with Gasteiger partial charge in [0.15, 0.2) is 0 Å². The number of aryl methyl sites for hydroxylation is 1. The summed E-state index contributed by atoms with van der Waals surface area (Å²) in [4.78, 5) is 8.46. The zero-order valence-corrected chi connectivity index (χ0v) is 8.77. The van der Waals surface area contributed by atoms with Gasteiger partial charge < -0.3 is 0 Å². The van der Waals surface area contributed by atoms with Crippen molar-refractivity contribution >= 4 is 11.9 Å². The van der Waals surface area contributed by atoms with Crippen LogP contribution in [0.5, 0.6) is 0 Å². The Morgan fingerprint density at radius 3 is 3.07 bits per heavy atom. The standard InChI is InChI=1S/C12H16N2/c1-3-4-5-6-9-14-12-8-7-10-13-11(12)2/h5-10H,3-4H2,1-2H3/b6-5-,14-9?. The van der Waals surface area contributed by atoms with Crippen LogP contribution in [0, 0.1) is 6.92 Å². The van der Waals surface area contributed by atoms with Crippen LogP contribution in [-0.4, -0.2) is 11.2 Å². The molecule has 0 amide bonds. The van der Waals surface area contributed by atoms with Crippen LogP contribution in [0.3, 0.4) is 0 Å². The molecule has 0 aliphatic carbocycles. The average molecular weight is 188 g/mol. The molecule has 1 aromatic rings. The highest BCUT2D eigenvalue weighted by Crippen LogP contribution is 2.13. The van der Waals surface area contributed by atoms with Crippen LogP contribution in [0.4, 0.5) is 5.69 Å². The van der Waals surface area contributed by atoms with E-state index in [4.69, 9.17) is 0 Å². The normalized spacial score (nSPS) is 11.6. The molecular formula is C12H16N2. The van der Waals surface area contributed by atoms with E-state index in [0.29, 0.717) is 0 Å². The van der Waals surface area contributed by atoms with E-state index in [1.165, 1.54) is 6.42 Å². The predicted octanol–water partition coefficient (Wildman–Crippen LogP) is 3.45. The van der Waals surface area contributed by atoms with Gasteiger partial charge >= 0.3 is 0 Å². The Bertz CT molecular complexity index is 327. The number of nitrogens with zero attached hydrogens (tertiary/aromatic N) is 2. The van der Waals surface area contributed by atoms with Crippen molar-refractivity contribution in [3.63, 3.8) is 0 Å². The van der Waals surface area contributed by atoms with Crippen LogP contribution in [0.2, 0.25) is 0 Å². The molecular weight excluding hydrogens is 172 g/mol. The van der Waals surface area contributed by atoms with Gasteiger partial charge in [0.2, 0.25) is 0 Å². The summed E-state index contributed by atoms with van der Waals surface area (Å²) in [6.07, 6.45) is 9.99. The molecule has 0 N–H and O–H groups in total. The number of allylic oxidation sites excluding steroid dienone is 2. The van der Waals surface area contributed by atoms with Crippen molar-refractivity contribution in [2.75, 3.05) is 0 Å². The second kappa shape index (κ2) is 6.08. The van der Waals surface area contributed by atoms with Crippen LogP contribution in [0.1, 0.15) is 25.5 Å². The molecule has 0 aliphatic heterocycles. The van der Waals surface area contributed by atoms with Gasteiger partial charge in [0, 0.05) is 12.4 Å². The second-order valence-corrected chi connectivity index (χ2v) is 3.10. The molecule has 2 nitrogen and oxygen atoms in total. The van der Waals surface area contributed by atoms with Gasteiger partial charge in [0.05, 0.1) is 11.4 Å². The van der Waals surface area contributed by atoms with Crippen LogP contribution in [0.15, 0.2) is 35.5 Å². The quantitative estimate of drug-likeness (QED) is 0.664. The summed E-state index contributed by atoms with van der Waals surface area (Å²) in [5.41, 5.74) is 1.90. The molecule has 14 heavy (non-hydrogen) atoms. The Hall–Kier alpha value is -1.44. The number of hydrogen-bond donors (Lipinski definition) is 0. The molecule has 1 rings (SSSR count). The summed E-state index contributed by atoms with van der Waals surface area (Å²) in [6, 6.07) is 3.86. The molecule has 0 aromatic carbocycles. The summed E-state index contributed by atoms with van der Waals surface area (Å²) in [5.74, 6) is 0. The number of aliphatic imine (C=N–C) groups is 1. The lowest BCUT2D eigenvalue weighted by molar-refractivity contribution is 0.960. The van der Waals surface area contributed by atoms with Gasteiger partial charge in [-0.05, 0) is 31.6 Å². The third kappa shape index (κ3) is 3.52. The van der Waals surface area contributed by atoms with Gasteiger partial charge in [-0.15, -0.1) is 0 Å². The number of aromatic nitrogens is 1. The Kier molecular flexibility index (Phi) is 4.62. The number of unbranched alkanes of at least 4 members (excludes halogenated alkanes) is 1. The van der Waals surface area contributed by atoms with Crippen LogP contribution in [0.25, 0.3) is 0 Å². The first kappa shape index (κ1) is 10.6. The van der Waals surface area contributed by atoms with Gasteiger partial charge in [-0.2, -0.15) is 0 Å². The van der Waals surface area contributed by atoms with Crippen molar-refractivity contribution in [3.8, 4) is 0 Å². The zero-order valence-electron chi connectivity index (χ0n) is 8.77. The Balaban J connectivity index is 2.56. The lowest BCUT2D eigenvalue weighted by atomic mass is 10.3. The molecule has 0 saturated carbocycles. The maximum atomic E-state index is 4.30. The smallest absolute Gasteiger partial charge is 0.0841 e. The average Bonchev–Trinajstić information content (AvgIpc) is 2.20. The third-order valence-electron chi connectivity index (χ3n) is 1.87. The van der Waals surface area contributed by atoms with Crippen LogP contribution >= 0.6 is 0 Å². The lowest BCUT2D eigenvalue weighted by Gasteiger charge is -1.95. The largest absolute Gasteiger partial charge is 0.259 e. The predicted molar refractivity (Wildman–Crippen MR) is 61.2 cm³/mol. The Morgan fingerprint density at radius 1 is 1.50 bits per heavy atom.